The van der Waals surface area contributed by atoms with E-state index in [2.05, 4.69) is 10.3 Å². The zero-order chi connectivity index (χ0) is 16.9. The molecule has 0 bridgehead atoms. The topological polar surface area (TPSA) is 27.6 Å². The van der Waals surface area contributed by atoms with E-state index in [1.54, 1.807) is 36.2 Å². The number of halogens is 3. The maximum atomic E-state index is 12.4. The van der Waals surface area contributed by atoms with Crippen LogP contribution in [0, 0.1) is 0 Å². The van der Waals surface area contributed by atoms with Gasteiger partial charge in [0.1, 0.15) is 5.75 Å². The summed E-state index contributed by atoms with van der Waals surface area (Å²) >= 11 is 2.43. The number of aliphatic imine (C=N–C) groups is 1. The molecule has 0 atom stereocenters. The molecule has 1 aromatic rings. The number of thioether (sulfide) groups is 1. The quantitative estimate of drug-likeness (QED) is 0.753. The highest BCUT2D eigenvalue weighted by Crippen LogP contribution is 2.35. The van der Waals surface area contributed by atoms with Crippen molar-refractivity contribution in [3.63, 3.8) is 0 Å². The van der Waals surface area contributed by atoms with Gasteiger partial charge in [-0.2, -0.15) is 13.2 Å². The summed E-state index contributed by atoms with van der Waals surface area (Å²) in [5.41, 5.74) is 2.43. The van der Waals surface area contributed by atoms with Crippen LogP contribution in [0.15, 0.2) is 29.3 Å². The fourth-order valence-corrected chi connectivity index (χ4v) is 3.45. The van der Waals surface area contributed by atoms with Crippen molar-refractivity contribution in [3.8, 4) is 0 Å². The summed E-state index contributed by atoms with van der Waals surface area (Å²) < 4.78 is 38.7. The second-order valence-electron chi connectivity index (χ2n) is 4.78. The molecule has 1 aromatic carbocycles. The standard InChI is InChI=1S/C15H18F3N3S2/c1-19-14-11(6-7-13-20-8-9-22-13)4-3-5-12(14)21(2)23-10-15(16,17)18/h3-7,19H,8-10H2,1-2H3/b7-6+. The van der Waals surface area contributed by atoms with Gasteiger partial charge in [-0.15, -0.1) is 11.8 Å². The lowest BCUT2D eigenvalue weighted by atomic mass is 10.1. The van der Waals surface area contributed by atoms with Gasteiger partial charge in [0, 0.05) is 26.4 Å². The van der Waals surface area contributed by atoms with Crippen molar-refractivity contribution in [2.24, 2.45) is 4.99 Å². The smallest absolute Gasteiger partial charge is 0.386 e. The molecule has 0 saturated heterocycles. The highest BCUT2D eigenvalue weighted by atomic mass is 32.2. The van der Waals surface area contributed by atoms with E-state index in [0.29, 0.717) is 5.69 Å². The largest absolute Gasteiger partial charge is 0.399 e. The molecule has 2 rings (SSSR count). The lowest BCUT2D eigenvalue weighted by Crippen LogP contribution is -2.18. The molecule has 23 heavy (non-hydrogen) atoms. The highest BCUT2D eigenvalue weighted by Gasteiger charge is 2.28. The molecule has 0 fully saturated rings. The summed E-state index contributed by atoms with van der Waals surface area (Å²) in [7, 11) is 3.40. The van der Waals surface area contributed by atoms with Gasteiger partial charge in [-0.1, -0.05) is 18.2 Å². The van der Waals surface area contributed by atoms with Crippen LogP contribution in [-0.2, 0) is 0 Å². The van der Waals surface area contributed by atoms with Gasteiger partial charge in [-0.05, 0) is 29.7 Å². The van der Waals surface area contributed by atoms with Crippen LogP contribution >= 0.6 is 23.7 Å². The second-order valence-corrected chi connectivity index (χ2v) is 6.99. The molecule has 0 unspecified atom stereocenters. The molecule has 1 heterocycles. The summed E-state index contributed by atoms with van der Waals surface area (Å²) in [5.74, 6) is 0.0790. The van der Waals surface area contributed by atoms with Crippen LogP contribution in [0.5, 0.6) is 0 Å². The van der Waals surface area contributed by atoms with E-state index >= 15 is 0 Å². The molecule has 0 saturated carbocycles. The first kappa shape index (κ1) is 18.1. The minimum atomic E-state index is -4.19. The Hall–Kier alpha value is -1.28. The lowest BCUT2D eigenvalue weighted by molar-refractivity contribution is -0.105. The molecule has 0 amide bonds. The predicted molar refractivity (Wildman–Crippen MR) is 96.7 cm³/mol. The molecule has 0 aromatic heterocycles. The van der Waals surface area contributed by atoms with Crippen LogP contribution in [0.2, 0.25) is 0 Å². The zero-order valence-corrected chi connectivity index (χ0v) is 14.5. The van der Waals surface area contributed by atoms with Crippen LogP contribution in [0.25, 0.3) is 6.08 Å². The summed E-state index contributed by atoms with van der Waals surface area (Å²) in [6, 6.07) is 5.56. The number of hydrogen-bond acceptors (Lipinski definition) is 5. The number of alkyl halides is 3. The number of nitrogens with one attached hydrogen (secondary N) is 1. The van der Waals surface area contributed by atoms with E-state index in [1.165, 1.54) is 0 Å². The van der Waals surface area contributed by atoms with E-state index in [-0.39, 0.29) is 0 Å². The Labute approximate surface area is 142 Å². The first-order valence-corrected chi connectivity index (χ1v) is 8.93. The third kappa shape index (κ3) is 5.39. The lowest BCUT2D eigenvalue weighted by Gasteiger charge is -2.23. The van der Waals surface area contributed by atoms with Gasteiger partial charge in [0.2, 0.25) is 0 Å². The van der Waals surface area contributed by atoms with Crippen molar-refractivity contribution in [3.05, 3.63) is 29.8 Å². The SMILES string of the molecule is CNc1c(/C=C/C2=NCCS2)cccc1N(C)SCC(F)(F)F. The molecule has 8 heteroatoms. The summed E-state index contributed by atoms with van der Waals surface area (Å²) in [5, 5.41) is 4.07. The Balaban J connectivity index is 2.18. The average Bonchev–Trinajstić information content (AvgIpc) is 3.02. The minimum Gasteiger partial charge on any atom is -0.386 e. The number of para-hydroxylation sites is 1. The van der Waals surface area contributed by atoms with Gasteiger partial charge in [0.05, 0.1) is 16.4 Å². The number of nitrogens with zero attached hydrogens (tertiary/aromatic N) is 2. The van der Waals surface area contributed by atoms with Gasteiger partial charge in [-0.3, -0.25) is 4.99 Å². The van der Waals surface area contributed by atoms with Crippen LogP contribution in [0.4, 0.5) is 24.5 Å². The van der Waals surface area contributed by atoms with Crippen LogP contribution in [-0.4, -0.2) is 43.4 Å². The van der Waals surface area contributed by atoms with Crippen LogP contribution in [0.1, 0.15) is 5.56 Å². The van der Waals surface area contributed by atoms with E-state index in [1.807, 2.05) is 24.3 Å². The summed E-state index contributed by atoms with van der Waals surface area (Å²) in [6.45, 7) is 0.833. The second kappa shape index (κ2) is 8.01. The first-order chi connectivity index (χ1) is 10.9. The fraction of sp³-hybridized carbons (Fsp3) is 0.400. The Morgan fingerprint density at radius 3 is 2.78 bits per heavy atom. The molecule has 0 radical (unpaired) electrons. The van der Waals surface area contributed by atoms with Crippen molar-refractivity contribution in [2.75, 3.05) is 41.8 Å². The zero-order valence-electron chi connectivity index (χ0n) is 12.9. The average molecular weight is 361 g/mol. The Bertz CT molecular complexity index is 600. The van der Waals surface area contributed by atoms with Crippen molar-refractivity contribution in [2.45, 2.75) is 6.18 Å². The van der Waals surface area contributed by atoms with Crippen molar-refractivity contribution >= 4 is 46.2 Å². The normalized spacial score (nSPS) is 15.1. The fourth-order valence-electron chi connectivity index (χ4n) is 2.08. The van der Waals surface area contributed by atoms with Gasteiger partial charge in [0.15, 0.2) is 0 Å². The van der Waals surface area contributed by atoms with Gasteiger partial charge < -0.3 is 9.62 Å². The highest BCUT2D eigenvalue weighted by molar-refractivity contribution is 8.14. The maximum absolute atomic E-state index is 12.4. The number of rotatable bonds is 6. The van der Waals surface area contributed by atoms with Crippen molar-refractivity contribution < 1.29 is 13.2 Å². The molecule has 0 aliphatic carbocycles. The summed E-state index contributed by atoms with van der Waals surface area (Å²) in [4.78, 5) is 4.35. The number of hydrogen-bond donors (Lipinski definition) is 1. The Morgan fingerprint density at radius 1 is 1.39 bits per heavy atom. The monoisotopic (exact) mass is 361 g/mol. The molecule has 1 N–H and O–H groups in total. The van der Waals surface area contributed by atoms with Gasteiger partial charge in [-0.25, -0.2) is 0 Å². The number of benzene rings is 1. The van der Waals surface area contributed by atoms with E-state index < -0.39 is 11.9 Å². The third-order valence-corrected chi connectivity index (χ3v) is 5.09. The molecular weight excluding hydrogens is 343 g/mol. The van der Waals surface area contributed by atoms with Gasteiger partial charge >= 0.3 is 6.18 Å². The van der Waals surface area contributed by atoms with Crippen molar-refractivity contribution in [1.29, 1.82) is 0 Å². The predicted octanol–water partition coefficient (Wildman–Crippen LogP) is 4.53. The third-order valence-electron chi connectivity index (χ3n) is 3.10. The molecule has 0 spiro atoms. The van der Waals surface area contributed by atoms with Crippen molar-refractivity contribution in [1.82, 2.24) is 0 Å². The summed E-state index contributed by atoms with van der Waals surface area (Å²) in [6.07, 6.45) is -0.302. The molecular formula is C15H18F3N3S2. The Kier molecular flexibility index (Phi) is 6.29. The molecule has 126 valence electrons. The van der Waals surface area contributed by atoms with Crippen LogP contribution in [0.3, 0.4) is 0 Å². The number of anilines is 2. The van der Waals surface area contributed by atoms with Gasteiger partial charge in [0.25, 0.3) is 0 Å². The van der Waals surface area contributed by atoms with Crippen LogP contribution < -0.4 is 9.62 Å². The minimum absolute atomic E-state index is 0.713. The molecule has 1 aliphatic heterocycles. The first-order valence-electron chi connectivity index (χ1n) is 7.00. The van der Waals surface area contributed by atoms with E-state index in [0.717, 1.165) is 40.5 Å². The van der Waals surface area contributed by atoms with E-state index in [9.17, 15) is 13.2 Å². The molecule has 3 nitrogen and oxygen atoms in total. The molecule has 1 aliphatic rings. The Morgan fingerprint density at radius 2 is 2.17 bits per heavy atom. The maximum Gasteiger partial charge on any atom is 0.399 e. The van der Waals surface area contributed by atoms with E-state index in [4.69, 9.17) is 0 Å².